The summed E-state index contributed by atoms with van der Waals surface area (Å²) in [5.41, 5.74) is 6.12. The summed E-state index contributed by atoms with van der Waals surface area (Å²) in [5.74, 6) is 0.0306. The van der Waals surface area contributed by atoms with Crippen molar-refractivity contribution in [2.24, 2.45) is 5.73 Å². The Morgan fingerprint density at radius 3 is 2.57 bits per heavy atom. The largest absolute Gasteiger partial charge is 0.481 e. The number of nitrogens with two attached hydrogens (primary N) is 1. The second-order valence-electron chi connectivity index (χ2n) is 4.96. The van der Waals surface area contributed by atoms with E-state index in [9.17, 15) is 9.59 Å². The van der Waals surface area contributed by atoms with Gasteiger partial charge in [-0.1, -0.05) is 24.3 Å². The molecule has 122 valence electrons. The molecule has 0 radical (unpaired) electrons. The van der Waals surface area contributed by atoms with Gasteiger partial charge in [0.2, 0.25) is 5.91 Å². The molecule has 0 heterocycles. The summed E-state index contributed by atoms with van der Waals surface area (Å²) in [5, 5.41) is 4.54. The molecule has 0 spiro atoms. The van der Waals surface area contributed by atoms with Gasteiger partial charge in [-0.3, -0.25) is 4.79 Å². The third kappa shape index (κ3) is 4.43. The van der Waals surface area contributed by atoms with E-state index < -0.39 is 5.97 Å². The smallest absolute Gasteiger partial charge is 0.343 e. The minimum absolute atomic E-state index is 0.0798. The first-order valence-electron chi connectivity index (χ1n) is 7.37. The Morgan fingerprint density at radius 2 is 1.87 bits per heavy atom. The van der Waals surface area contributed by atoms with Crippen LogP contribution >= 0.6 is 0 Å². The molecule has 0 fully saturated rings. The number of fused-ring (bicyclic) bond motifs is 1. The molecular weight excluding hydrogens is 296 g/mol. The molecular formula is C17H20N2O4. The molecule has 3 N–H and O–H groups in total. The monoisotopic (exact) mass is 316 g/mol. The lowest BCUT2D eigenvalue weighted by atomic mass is 10.1. The van der Waals surface area contributed by atoms with Crippen molar-refractivity contribution in [2.45, 2.75) is 12.8 Å². The second-order valence-corrected chi connectivity index (χ2v) is 4.96. The molecule has 0 atom stereocenters. The summed E-state index contributed by atoms with van der Waals surface area (Å²) < 4.78 is 10.1. The summed E-state index contributed by atoms with van der Waals surface area (Å²) in [4.78, 5) is 23.1. The number of ether oxygens (including phenoxy) is 2. The molecule has 0 aliphatic heterocycles. The number of rotatable bonds is 7. The molecule has 2 aromatic carbocycles. The lowest BCUT2D eigenvalue weighted by Gasteiger charge is -2.13. The number of nitrogens with one attached hydrogen (secondary N) is 1. The van der Waals surface area contributed by atoms with Crippen LogP contribution in [0.5, 0.6) is 5.75 Å². The van der Waals surface area contributed by atoms with E-state index in [1.165, 1.54) is 7.11 Å². The molecule has 0 aromatic heterocycles. The van der Waals surface area contributed by atoms with Gasteiger partial charge in [0.25, 0.3) is 0 Å². The lowest BCUT2D eigenvalue weighted by molar-refractivity contribution is -0.142. The highest BCUT2D eigenvalue weighted by atomic mass is 16.6. The quantitative estimate of drug-likeness (QED) is 0.763. The average Bonchev–Trinajstić information content (AvgIpc) is 2.59. The molecule has 2 aromatic rings. The van der Waals surface area contributed by atoms with Crippen LogP contribution in [0.1, 0.15) is 12.8 Å². The van der Waals surface area contributed by atoms with Crippen LogP contribution in [0.3, 0.4) is 0 Å². The predicted molar refractivity (Wildman–Crippen MR) is 88.4 cm³/mol. The van der Waals surface area contributed by atoms with Crippen LogP contribution in [0.2, 0.25) is 0 Å². The summed E-state index contributed by atoms with van der Waals surface area (Å²) in [6.07, 6.45) is 1.02. The fraction of sp³-hybridized carbons (Fsp3) is 0.294. The Bertz CT molecular complexity index is 700. The molecule has 1 amide bonds. The van der Waals surface area contributed by atoms with Crippen LogP contribution in [0.4, 0.5) is 5.69 Å². The van der Waals surface area contributed by atoms with Gasteiger partial charge in [-0.05, 0) is 25.1 Å². The number of hydrogen-bond acceptors (Lipinski definition) is 5. The second kappa shape index (κ2) is 8.14. The minimum atomic E-state index is -0.451. The Kier molecular flexibility index (Phi) is 5.94. The minimum Gasteiger partial charge on any atom is -0.481 e. The van der Waals surface area contributed by atoms with E-state index in [1.807, 2.05) is 24.3 Å². The van der Waals surface area contributed by atoms with Crippen molar-refractivity contribution in [1.29, 1.82) is 0 Å². The number of carbonyl (C=O) groups is 2. The number of amides is 1. The van der Waals surface area contributed by atoms with Crippen LogP contribution in [0, 0.1) is 0 Å². The van der Waals surface area contributed by atoms with E-state index >= 15 is 0 Å². The molecule has 0 unspecified atom stereocenters. The number of carbonyl (C=O) groups excluding carboxylic acids is 2. The third-order valence-corrected chi connectivity index (χ3v) is 3.34. The molecule has 2 rings (SSSR count). The molecule has 0 saturated heterocycles. The maximum Gasteiger partial charge on any atom is 0.343 e. The average molecular weight is 316 g/mol. The Hall–Kier alpha value is -2.60. The van der Waals surface area contributed by atoms with Gasteiger partial charge in [-0.25, -0.2) is 4.79 Å². The molecule has 6 nitrogen and oxygen atoms in total. The number of methoxy groups -OCH3 is 1. The van der Waals surface area contributed by atoms with E-state index in [1.54, 1.807) is 12.1 Å². The summed E-state index contributed by atoms with van der Waals surface area (Å²) in [6, 6.07) is 11.0. The molecule has 0 aliphatic carbocycles. The van der Waals surface area contributed by atoms with Gasteiger partial charge in [-0.2, -0.15) is 0 Å². The van der Waals surface area contributed by atoms with Gasteiger partial charge in [0.05, 0.1) is 7.11 Å². The van der Waals surface area contributed by atoms with Crippen molar-refractivity contribution in [3.63, 3.8) is 0 Å². The number of esters is 1. The normalized spacial score (nSPS) is 10.3. The Morgan fingerprint density at radius 1 is 1.13 bits per heavy atom. The highest BCUT2D eigenvalue weighted by Gasteiger charge is 2.10. The molecule has 23 heavy (non-hydrogen) atoms. The first kappa shape index (κ1) is 16.8. The zero-order chi connectivity index (χ0) is 16.7. The lowest BCUT2D eigenvalue weighted by Crippen LogP contribution is -2.14. The van der Waals surface area contributed by atoms with Gasteiger partial charge in [0.1, 0.15) is 5.75 Å². The molecule has 0 bridgehead atoms. The topological polar surface area (TPSA) is 90.6 Å². The van der Waals surface area contributed by atoms with Crippen molar-refractivity contribution in [3.8, 4) is 5.75 Å². The van der Waals surface area contributed by atoms with Gasteiger partial charge in [0.15, 0.2) is 6.61 Å². The van der Waals surface area contributed by atoms with E-state index in [4.69, 9.17) is 10.5 Å². The predicted octanol–water partition coefficient (Wildman–Crippen LogP) is 2.07. The third-order valence-electron chi connectivity index (χ3n) is 3.34. The zero-order valence-corrected chi connectivity index (χ0v) is 13.0. The fourth-order valence-electron chi connectivity index (χ4n) is 2.18. The van der Waals surface area contributed by atoms with E-state index in [-0.39, 0.29) is 12.5 Å². The Balaban J connectivity index is 2.24. The fourth-order valence-corrected chi connectivity index (χ4v) is 2.18. The van der Waals surface area contributed by atoms with E-state index in [2.05, 4.69) is 10.1 Å². The van der Waals surface area contributed by atoms with Crippen LogP contribution in [-0.2, 0) is 14.3 Å². The number of benzene rings is 2. The zero-order valence-electron chi connectivity index (χ0n) is 13.0. The van der Waals surface area contributed by atoms with Crippen molar-refractivity contribution < 1.29 is 19.1 Å². The highest BCUT2D eigenvalue weighted by molar-refractivity contribution is 6.04. The van der Waals surface area contributed by atoms with Gasteiger partial charge in [0, 0.05) is 22.9 Å². The van der Waals surface area contributed by atoms with Crippen molar-refractivity contribution >= 4 is 28.3 Å². The summed E-state index contributed by atoms with van der Waals surface area (Å²) in [7, 11) is 1.31. The van der Waals surface area contributed by atoms with Gasteiger partial charge < -0.3 is 20.5 Å². The van der Waals surface area contributed by atoms with Crippen LogP contribution in [0.15, 0.2) is 36.4 Å². The number of hydrogen-bond donors (Lipinski definition) is 2. The molecule has 0 aliphatic rings. The van der Waals surface area contributed by atoms with E-state index in [0.29, 0.717) is 30.8 Å². The van der Waals surface area contributed by atoms with Gasteiger partial charge >= 0.3 is 5.97 Å². The van der Waals surface area contributed by atoms with Crippen LogP contribution in [-0.4, -0.2) is 32.1 Å². The van der Waals surface area contributed by atoms with E-state index in [0.717, 1.165) is 10.8 Å². The number of anilines is 1. The summed E-state index contributed by atoms with van der Waals surface area (Å²) >= 11 is 0. The maximum absolute atomic E-state index is 11.9. The highest BCUT2D eigenvalue weighted by Crippen LogP contribution is 2.31. The Labute approximate surface area is 134 Å². The molecule has 0 saturated carbocycles. The summed E-state index contributed by atoms with van der Waals surface area (Å²) in [6.45, 7) is 0.317. The molecule has 6 heteroatoms. The van der Waals surface area contributed by atoms with Gasteiger partial charge in [-0.15, -0.1) is 0 Å². The first-order chi connectivity index (χ1) is 11.2. The van der Waals surface area contributed by atoms with Crippen molar-refractivity contribution in [2.75, 3.05) is 25.6 Å². The standard InChI is InChI=1S/C17H20N2O4/c1-22-17(21)11-23-15-9-8-14(19-16(20)7-4-10-18)12-5-2-3-6-13(12)15/h2-3,5-6,8-9H,4,7,10-11,18H2,1H3,(H,19,20). The van der Waals surface area contributed by atoms with Crippen molar-refractivity contribution in [1.82, 2.24) is 0 Å². The first-order valence-corrected chi connectivity index (χ1v) is 7.37. The SMILES string of the molecule is COC(=O)COc1ccc(NC(=O)CCCN)c2ccccc12. The van der Waals surface area contributed by atoms with Crippen molar-refractivity contribution in [3.05, 3.63) is 36.4 Å². The van der Waals surface area contributed by atoms with Crippen LogP contribution in [0.25, 0.3) is 10.8 Å². The van der Waals surface area contributed by atoms with Crippen LogP contribution < -0.4 is 15.8 Å². The maximum atomic E-state index is 11.9.